The van der Waals surface area contributed by atoms with E-state index in [2.05, 4.69) is 36.4 Å². The molecule has 6 aliphatic rings. The minimum absolute atomic E-state index is 0.133. The van der Waals surface area contributed by atoms with Gasteiger partial charge in [0, 0.05) is 5.41 Å². The van der Waals surface area contributed by atoms with Crippen molar-refractivity contribution in [1.82, 2.24) is 0 Å². The Bertz CT molecular complexity index is 782. The molecule has 3 saturated carbocycles. The lowest BCUT2D eigenvalue weighted by molar-refractivity contribution is -0.191. The summed E-state index contributed by atoms with van der Waals surface area (Å²) in [7, 11) is 0. The number of aliphatic hydroxyl groups is 1. The van der Waals surface area contributed by atoms with Crippen LogP contribution in [0.2, 0.25) is 0 Å². The van der Waals surface area contributed by atoms with Gasteiger partial charge in [0.25, 0.3) is 0 Å². The number of nitrogens with zero attached hydrogens (tertiary/aromatic N) is 1. The Morgan fingerprint density at radius 3 is 2.88 bits per heavy atom. The predicted molar refractivity (Wildman–Crippen MR) is 97.5 cm³/mol. The summed E-state index contributed by atoms with van der Waals surface area (Å²) in [6, 6.07) is 0. The van der Waals surface area contributed by atoms with Crippen molar-refractivity contribution in [2.75, 3.05) is 0 Å². The maximum absolute atomic E-state index is 10.1. The van der Waals surface area contributed by atoms with E-state index < -0.39 is 6.29 Å². The highest BCUT2D eigenvalue weighted by Gasteiger charge is 2.76. The number of rotatable bonds is 0. The standard InChI is InChI=1S/C22H27NO3/c1-21-8-6-15-14-5-3-13(23-25)10-12(14)2-4-16(15)20(21)17-11-18(17)22(21)9-7-19(24)26-22/h2,4,7,9-10,14-20,24-25H,3,5-6,8,11H2,1H3/b23-13+/t14-,15?,16?,17+,18-,19?,20?,21-,22-/m0/s1. The molecule has 9 atom stereocenters. The Morgan fingerprint density at radius 1 is 1.23 bits per heavy atom. The first-order valence-corrected chi connectivity index (χ1v) is 10.2. The third kappa shape index (κ3) is 1.71. The van der Waals surface area contributed by atoms with E-state index in [9.17, 15) is 5.11 Å². The monoisotopic (exact) mass is 353 g/mol. The first-order valence-electron chi connectivity index (χ1n) is 10.2. The Balaban J connectivity index is 1.40. The second-order valence-corrected chi connectivity index (χ2v) is 9.63. The normalized spacial score (nSPS) is 57.5. The lowest BCUT2D eigenvalue weighted by Crippen LogP contribution is -2.54. The third-order valence-electron chi connectivity index (χ3n) is 8.84. The molecule has 1 aliphatic heterocycles. The van der Waals surface area contributed by atoms with Crippen LogP contribution in [0.4, 0.5) is 0 Å². The zero-order valence-corrected chi connectivity index (χ0v) is 15.2. The summed E-state index contributed by atoms with van der Waals surface area (Å²) in [5.41, 5.74) is 2.08. The van der Waals surface area contributed by atoms with Crippen molar-refractivity contribution in [3.05, 3.63) is 36.0 Å². The molecule has 0 aromatic carbocycles. The number of hydrogen-bond donors (Lipinski definition) is 2. The van der Waals surface area contributed by atoms with Crippen LogP contribution in [-0.4, -0.2) is 27.9 Å². The van der Waals surface area contributed by atoms with Crippen molar-refractivity contribution >= 4 is 5.71 Å². The van der Waals surface area contributed by atoms with Crippen LogP contribution in [0.3, 0.4) is 0 Å². The summed E-state index contributed by atoms with van der Waals surface area (Å²) in [5, 5.41) is 22.6. The molecule has 0 radical (unpaired) electrons. The van der Waals surface area contributed by atoms with E-state index in [-0.39, 0.29) is 11.0 Å². The number of fused-ring (bicyclic) bond motifs is 9. The largest absolute Gasteiger partial charge is 0.411 e. The molecule has 0 aromatic rings. The second-order valence-electron chi connectivity index (χ2n) is 9.63. The van der Waals surface area contributed by atoms with Crippen molar-refractivity contribution in [2.45, 2.75) is 50.9 Å². The van der Waals surface area contributed by atoms with Gasteiger partial charge >= 0.3 is 0 Å². The minimum Gasteiger partial charge on any atom is -0.411 e. The van der Waals surface area contributed by atoms with E-state index in [1.807, 2.05) is 6.08 Å². The van der Waals surface area contributed by atoms with E-state index in [4.69, 9.17) is 9.94 Å². The van der Waals surface area contributed by atoms with Crippen LogP contribution < -0.4 is 0 Å². The minimum atomic E-state index is -0.726. The second kappa shape index (κ2) is 4.90. The fourth-order valence-corrected chi connectivity index (χ4v) is 7.81. The van der Waals surface area contributed by atoms with E-state index >= 15 is 0 Å². The number of oxime groups is 1. The van der Waals surface area contributed by atoms with Crippen LogP contribution >= 0.6 is 0 Å². The van der Waals surface area contributed by atoms with Crippen LogP contribution in [0.15, 0.2) is 41.1 Å². The van der Waals surface area contributed by atoms with E-state index in [0.717, 1.165) is 24.5 Å². The van der Waals surface area contributed by atoms with Gasteiger partial charge in [-0.05, 0) is 85.3 Å². The zero-order chi connectivity index (χ0) is 17.7. The molecule has 0 amide bonds. The SMILES string of the molecule is C[C@]12CCC3C(C=CC4=C/C(=N/O)CC[C@@H]43)C1[C@@H]1C[C@@H]1[C@@]21C=CC(O)O1. The van der Waals surface area contributed by atoms with Crippen molar-refractivity contribution in [3.63, 3.8) is 0 Å². The summed E-state index contributed by atoms with van der Waals surface area (Å²) in [6.45, 7) is 2.43. The first-order chi connectivity index (χ1) is 12.6. The highest BCUT2D eigenvalue weighted by molar-refractivity contribution is 5.96. The molecule has 3 fully saturated rings. The summed E-state index contributed by atoms with van der Waals surface area (Å²) in [6.07, 6.45) is 15.9. The fourth-order valence-electron chi connectivity index (χ4n) is 7.81. The summed E-state index contributed by atoms with van der Waals surface area (Å²) in [4.78, 5) is 0. The first kappa shape index (κ1) is 15.6. The van der Waals surface area contributed by atoms with Gasteiger partial charge < -0.3 is 15.1 Å². The van der Waals surface area contributed by atoms with Crippen molar-refractivity contribution in [1.29, 1.82) is 0 Å². The van der Waals surface area contributed by atoms with Crippen LogP contribution in [0.25, 0.3) is 0 Å². The average Bonchev–Trinajstić information content (AvgIpc) is 3.29. The molecule has 0 aromatic heterocycles. The number of allylic oxidation sites excluding steroid dienone is 4. The van der Waals surface area contributed by atoms with Crippen LogP contribution in [0.1, 0.15) is 39.0 Å². The molecule has 1 heterocycles. The molecule has 1 spiro atoms. The average molecular weight is 353 g/mol. The van der Waals surface area contributed by atoms with Gasteiger partial charge in [-0.25, -0.2) is 0 Å². The number of hydrogen-bond acceptors (Lipinski definition) is 4. The summed E-state index contributed by atoms with van der Waals surface area (Å²) in [5.74, 6) is 3.93. The fraction of sp³-hybridized carbons (Fsp3) is 0.682. The van der Waals surface area contributed by atoms with Crippen molar-refractivity contribution in [2.24, 2.45) is 46.1 Å². The van der Waals surface area contributed by atoms with E-state index in [1.54, 1.807) is 0 Å². The van der Waals surface area contributed by atoms with Gasteiger partial charge in [-0.3, -0.25) is 0 Å². The topological polar surface area (TPSA) is 62.1 Å². The summed E-state index contributed by atoms with van der Waals surface area (Å²) >= 11 is 0. The maximum Gasteiger partial charge on any atom is 0.175 e. The molecule has 4 heteroatoms. The van der Waals surface area contributed by atoms with Crippen molar-refractivity contribution in [3.8, 4) is 0 Å². The Hall–Kier alpha value is -1.39. The molecule has 2 N–H and O–H groups in total. The third-order valence-corrected chi connectivity index (χ3v) is 8.84. The zero-order valence-electron chi connectivity index (χ0n) is 15.2. The van der Waals surface area contributed by atoms with Gasteiger partial charge in [0.05, 0.1) is 11.3 Å². The van der Waals surface area contributed by atoms with Crippen LogP contribution in [-0.2, 0) is 4.74 Å². The Labute approximate surface area is 154 Å². The lowest BCUT2D eigenvalue weighted by atomic mass is 9.50. The Morgan fingerprint density at radius 2 is 2.12 bits per heavy atom. The highest BCUT2D eigenvalue weighted by atomic mass is 16.6. The smallest absolute Gasteiger partial charge is 0.175 e. The van der Waals surface area contributed by atoms with Gasteiger partial charge in [-0.2, -0.15) is 0 Å². The predicted octanol–water partition coefficient (Wildman–Crippen LogP) is 3.66. The van der Waals surface area contributed by atoms with Gasteiger partial charge in [-0.15, -0.1) is 0 Å². The maximum atomic E-state index is 10.1. The Kier molecular flexibility index (Phi) is 2.95. The number of ether oxygens (including phenoxy) is 1. The molecule has 0 saturated heterocycles. The van der Waals surface area contributed by atoms with E-state index in [0.29, 0.717) is 29.6 Å². The molecule has 0 bridgehead atoms. The molecule has 5 aliphatic carbocycles. The highest BCUT2D eigenvalue weighted by Crippen LogP contribution is 2.77. The molecule has 4 unspecified atom stereocenters. The lowest BCUT2D eigenvalue weighted by Gasteiger charge is -2.55. The molecular weight excluding hydrogens is 326 g/mol. The van der Waals surface area contributed by atoms with Gasteiger partial charge in [-0.1, -0.05) is 30.3 Å². The quantitative estimate of drug-likeness (QED) is 0.397. The molecule has 26 heavy (non-hydrogen) atoms. The van der Waals surface area contributed by atoms with Crippen LogP contribution in [0.5, 0.6) is 0 Å². The van der Waals surface area contributed by atoms with Gasteiger partial charge in [0.15, 0.2) is 6.29 Å². The van der Waals surface area contributed by atoms with Gasteiger partial charge in [0.2, 0.25) is 0 Å². The number of aliphatic hydroxyl groups excluding tert-OH is 1. The van der Waals surface area contributed by atoms with Crippen molar-refractivity contribution < 1.29 is 15.1 Å². The van der Waals surface area contributed by atoms with Gasteiger partial charge in [0.1, 0.15) is 0 Å². The molecular formula is C22H27NO3. The van der Waals surface area contributed by atoms with Crippen LogP contribution in [0, 0.1) is 40.9 Å². The molecule has 6 rings (SSSR count). The summed E-state index contributed by atoms with van der Waals surface area (Å²) < 4.78 is 6.22. The molecule has 138 valence electrons. The molecule has 4 nitrogen and oxygen atoms in total. The van der Waals surface area contributed by atoms with E-state index in [1.165, 1.54) is 24.8 Å².